The zero-order valence-electron chi connectivity index (χ0n) is 16.1. The van der Waals surface area contributed by atoms with Gasteiger partial charge in [-0.25, -0.2) is 0 Å². The number of nitrogens with one attached hydrogen (secondary N) is 1. The third-order valence-electron chi connectivity index (χ3n) is 5.77. The van der Waals surface area contributed by atoms with E-state index in [-0.39, 0.29) is 5.91 Å². The molecule has 1 heterocycles. The number of methoxy groups -OCH3 is 1. The zero-order valence-corrected chi connectivity index (χ0v) is 16.1. The summed E-state index contributed by atoms with van der Waals surface area (Å²) in [4.78, 5) is 31.4. The molecule has 0 bridgehead atoms. The second-order valence-electron chi connectivity index (χ2n) is 7.87. The largest absolute Gasteiger partial charge is 0.383 e. The predicted octanol–water partition coefficient (Wildman–Crippen LogP) is 0.300. The number of nitrogens with zero attached hydrogens (tertiary/aromatic N) is 3. The summed E-state index contributed by atoms with van der Waals surface area (Å²) in [6, 6.07) is 1.01. The highest BCUT2D eigenvalue weighted by atomic mass is 16.5. The molecule has 0 atom stereocenters. The lowest BCUT2D eigenvalue weighted by molar-refractivity contribution is -0.136. The molecule has 0 unspecified atom stereocenters. The molecule has 0 aromatic rings. The van der Waals surface area contributed by atoms with Crippen molar-refractivity contribution in [3.8, 4) is 0 Å². The molecular formula is C19H34N4O3. The average Bonchev–Trinajstić information content (AvgIpc) is 3.30. The summed E-state index contributed by atoms with van der Waals surface area (Å²) in [6.45, 7) is 5.49. The molecule has 7 nitrogen and oxygen atoms in total. The van der Waals surface area contributed by atoms with Crippen molar-refractivity contribution in [1.29, 1.82) is 0 Å². The van der Waals surface area contributed by atoms with Crippen LogP contribution in [0, 0.1) is 0 Å². The van der Waals surface area contributed by atoms with Crippen molar-refractivity contribution in [2.45, 2.75) is 50.6 Å². The van der Waals surface area contributed by atoms with E-state index in [1.807, 2.05) is 0 Å². The standard InChI is InChI=1S/C19H34N4O3/c1-26-13-8-20-18(24)14-21-9-11-22(12-10-21)15-19(25)23(17-6-7-17)16-4-2-3-5-16/h16-17H,2-15H2,1H3,(H,20,24). The first-order valence-corrected chi connectivity index (χ1v) is 10.2. The zero-order chi connectivity index (χ0) is 18.4. The number of hydrogen-bond donors (Lipinski definition) is 1. The minimum atomic E-state index is 0.0488. The summed E-state index contributed by atoms with van der Waals surface area (Å²) in [5.41, 5.74) is 0. The van der Waals surface area contributed by atoms with E-state index in [1.165, 1.54) is 38.5 Å². The van der Waals surface area contributed by atoms with Gasteiger partial charge in [-0.2, -0.15) is 0 Å². The van der Waals surface area contributed by atoms with Crippen LogP contribution >= 0.6 is 0 Å². The number of piperazine rings is 1. The van der Waals surface area contributed by atoms with Gasteiger partial charge in [0.1, 0.15) is 0 Å². The Hall–Kier alpha value is -1.18. The highest BCUT2D eigenvalue weighted by Gasteiger charge is 2.38. The third kappa shape index (κ3) is 5.66. The molecule has 3 fully saturated rings. The molecule has 1 saturated heterocycles. The third-order valence-corrected chi connectivity index (χ3v) is 5.77. The lowest BCUT2D eigenvalue weighted by atomic mass is 10.2. The molecule has 148 valence electrons. The molecule has 2 saturated carbocycles. The average molecular weight is 367 g/mol. The Morgan fingerprint density at radius 2 is 1.54 bits per heavy atom. The van der Waals surface area contributed by atoms with Gasteiger partial charge in [-0.1, -0.05) is 12.8 Å². The minimum absolute atomic E-state index is 0.0488. The molecule has 3 rings (SSSR count). The smallest absolute Gasteiger partial charge is 0.237 e. The van der Waals surface area contributed by atoms with E-state index in [0.717, 1.165) is 26.2 Å². The van der Waals surface area contributed by atoms with Crippen LogP contribution in [0.3, 0.4) is 0 Å². The second kappa shape index (κ2) is 9.67. The van der Waals surface area contributed by atoms with Crippen LogP contribution in [-0.2, 0) is 14.3 Å². The van der Waals surface area contributed by atoms with Crippen LogP contribution in [0.1, 0.15) is 38.5 Å². The van der Waals surface area contributed by atoms with Crippen LogP contribution in [0.15, 0.2) is 0 Å². The number of ether oxygens (including phenoxy) is 1. The van der Waals surface area contributed by atoms with Crippen LogP contribution < -0.4 is 5.32 Å². The lowest BCUT2D eigenvalue weighted by Gasteiger charge is -2.36. The number of rotatable bonds is 9. The molecular weight excluding hydrogens is 332 g/mol. The Morgan fingerprint density at radius 1 is 0.962 bits per heavy atom. The molecule has 1 aliphatic heterocycles. The first-order valence-electron chi connectivity index (χ1n) is 10.2. The van der Waals surface area contributed by atoms with Crippen LogP contribution in [0.4, 0.5) is 0 Å². The first kappa shape index (κ1) is 19.6. The van der Waals surface area contributed by atoms with Crippen molar-refractivity contribution in [1.82, 2.24) is 20.0 Å². The van der Waals surface area contributed by atoms with Gasteiger partial charge in [-0.3, -0.25) is 19.4 Å². The van der Waals surface area contributed by atoms with Gasteiger partial charge in [0.15, 0.2) is 0 Å². The van der Waals surface area contributed by atoms with E-state index in [2.05, 4.69) is 20.0 Å². The van der Waals surface area contributed by atoms with Gasteiger partial charge in [0.25, 0.3) is 0 Å². The Balaban J connectivity index is 1.37. The predicted molar refractivity (Wildman–Crippen MR) is 99.9 cm³/mol. The fourth-order valence-electron chi connectivity index (χ4n) is 4.17. The van der Waals surface area contributed by atoms with Crippen LogP contribution in [0.5, 0.6) is 0 Å². The normalized spacial score (nSPS) is 22.5. The number of carbonyl (C=O) groups excluding carboxylic acids is 2. The number of amides is 2. The summed E-state index contributed by atoms with van der Waals surface area (Å²) in [5, 5.41) is 2.86. The van der Waals surface area contributed by atoms with Gasteiger partial charge in [-0.05, 0) is 25.7 Å². The van der Waals surface area contributed by atoms with E-state index in [9.17, 15) is 9.59 Å². The summed E-state index contributed by atoms with van der Waals surface area (Å²) in [6.07, 6.45) is 7.30. The summed E-state index contributed by atoms with van der Waals surface area (Å²) in [7, 11) is 1.63. The van der Waals surface area contributed by atoms with Crippen molar-refractivity contribution >= 4 is 11.8 Å². The topological polar surface area (TPSA) is 65.1 Å². The SMILES string of the molecule is COCCNC(=O)CN1CCN(CC(=O)N(C2CCCC2)C2CC2)CC1. The van der Waals surface area contributed by atoms with E-state index in [1.54, 1.807) is 7.11 Å². The number of carbonyl (C=O) groups is 2. The van der Waals surface area contributed by atoms with E-state index < -0.39 is 0 Å². The molecule has 0 spiro atoms. The molecule has 1 N–H and O–H groups in total. The Kier molecular flexibility index (Phi) is 7.28. The Bertz CT molecular complexity index is 469. The maximum atomic E-state index is 12.9. The van der Waals surface area contributed by atoms with Gasteiger partial charge in [0, 0.05) is 51.9 Å². The Labute approximate surface area is 157 Å². The van der Waals surface area contributed by atoms with Crippen LogP contribution in [-0.4, -0.2) is 98.1 Å². The van der Waals surface area contributed by atoms with Crippen molar-refractivity contribution in [3.05, 3.63) is 0 Å². The highest BCUT2D eigenvalue weighted by Crippen LogP contribution is 2.34. The van der Waals surface area contributed by atoms with Gasteiger partial charge >= 0.3 is 0 Å². The maximum Gasteiger partial charge on any atom is 0.237 e. The number of hydrogen-bond acceptors (Lipinski definition) is 5. The van der Waals surface area contributed by atoms with Gasteiger partial charge in [-0.15, -0.1) is 0 Å². The Morgan fingerprint density at radius 3 is 2.12 bits per heavy atom. The molecule has 0 aromatic heterocycles. The summed E-state index contributed by atoms with van der Waals surface area (Å²) in [5.74, 6) is 0.373. The van der Waals surface area contributed by atoms with Crippen LogP contribution in [0.2, 0.25) is 0 Å². The van der Waals surface area contributed by atoms with Crippen molar-refractivity contribution in [2.24, 2.45) is 0 Å². The second-order valence-corrected chi connectivity index (χ2v) is 7.87. The summed E-state index contributed by atoms with van der Waals surface area (Å²) < 4.78 is 4.94. The molecule has 0 radical (unpaired) electrons. The van der Waals surface area contributed by atoms with E-state index >= 15 is 0 Å². The minimum Gasteiger partial charge on any atom is -0.383 e. The quantitative estimate of drug-likeness (QED) is 0.595. The van der Waals surface area contributed by atoms with E-state index in [4.69, 9.17) is 4.74 Å². The van der Waals surface area contributed by atoms with Crippen molar-refractivity contribution < 1.29 is 14.3 Å². The molecule has 7 heteroatoms. The highest BCUT2D eigenvalue weighted by molar-refractivity contribution is 5.79. The molecule has 3 aliphatic rings. The molecule has 2 aliphatic carbocycles. The van der Waals surface area contributed by atoms with E-state index in [0.29, 0.717) is 44.2 Å². The molecule has 2 amide bonds. The van der Waals surface area contributed by atoms with Crippen molar-refractivity contribution in [3.63, 3.8) is 0 Å². The van der Waals surface area contributed by atoms with Gasteiger partial charge < -0.3 is 15.0 Å². The van der Waals surface area contributed by atoms with Crippen LogP contribution in [0.25, 0.3) is 0 Å². The van der Waals surface area contributed by atoms with Gasteiger partial charge in [0.2, 0.25) is 11.8 Å². The monoisotopic (exact) mass is 366 g/mol. The fourth-order valence-corrected chi connectivity index (χ4v) is 4.17. The first-order chi connectivity index (χ1) is 12.7. The lowest BCUT2D eigenvalue weighted by Crippen LogP contribution is -2.53. The fraction of sp³-hybridized carbons (Fsp3) is 0.895. The van der Waals surface area contributed by atoms with Crippen molar-refractivity contribution in [2.75, 3.05) is 59.5 Å². The molecule has 0 aromatic carbocycles. The summed E-state index contributed by atoms with van der Waals surface area (Å²) >= 11 is 0. The maximum absolute atomic E-state index is 12.9. The molecule has 26 heavy (non-hydrogen) atoms. The van der Waals surface area contributed by atoms with Gasteiger partial charge in [0.05, 0.1) is 19.7 Å².